The van der Waals surface area contributed by atoms with E-state index in [9.17, 15) is 4.79 Å². The first-order valence-corrected chi connectivity index (χ1v) is 10.7. The Labute approximate surface area is 185 Å². The fourth-order valence-corrected chi connectivity index (χ4v) is 4.53. The Morgan fingerprint density at radius 3 is 2.68 bits per heavy atom. The van der Waals surface area contributed by atoms with E-state index in [1.807, 2.05) is 42.5 Å². The maximum Gasteiger partial charge on any atom is 0.269 e. The number of imidazole rings is 1. The average Bonchev–Trinajstić information content (AvgIpc) is 3.44. The molecule has 0 saturated carbocycles. The lowest BCUT2D eigenvalue weighted by Gasteiger charge is -2.38. The number of rotatable bonds is 5. The first-order chi connectivity index (χ1) is 15.2. The van der Waals surface area contributed by atoms with E-state index in [2.05, 4.69) is 16.4 Å². The monoisotopic (exact) mass is 437 g/mol. The number of aromatic nitrogens is 2. The normalized spacial score (nSPS) is 16.8. The molecule has 1 aromatic heterocycles. The topological polar surface area (TPSA) is 77.5 Å². The summed E-state index contributed by atoms with van der Waals surface area (Å²) in [6, 6.07) is 15.6. The van der Waals surface area contributed by atoms with Gasteiger partial charge in [0.05, 0.1) is 0 Å². The molecule has 2 aliphatic rings. The van der Waals surface area contributed by atoms with Gasteiger partial charge in [-0.3, -0.25) is 9.36 Å². The van der Waals surface area contributed by atoms with Crippen molar-refractivity contribution < 1.29 is 19.0 Å². The highest BCUT2D eigenvalue weighted by molar-refractivity contribution is 7.71. The van der Waals surface area contributed by atoms with Crippen molar-refractivity contribution >= 4 is 18.1 Å². The first kappa shape index (κ1) is 19.8. The molecule has 31 heavy (non-hydrogen) atoms. The van der Waals surface area contributed by atoms with Gasteiger partial charge in [-0.15, -0.1) is 0 Å². The summed E-state index contributed by atoms with van der Waals surface area (Å²) in [5.41, 5.74) is 2.20. The Morgan fingerprint density at radius 2 is 1.87 bits per heavy atom. The number of carbonyl (C=O) groups is 1. The Balaban J connectivity index is 1.41. The molecule has 3 heterocycles. The third-order valence-corrected chi connectivity index (χ3v) is 6.35. The molecule has 0 radical (unpaired) electrons. The van der Waals surface area contributed by atoms with Crippen LogP contribution in [0.1, 0.15) is 28.9 Å². The van der Waals surface area contributed by atoms with Gasteiger partial charge in [0.25, 0.3) is 5.91 Å². The molecule has 2 aliphatic heterocycles. The zero-order valence-corrected chi connectivity index (χ0v) is 17.7. The zero-order chi connectivity index (χ0) is 21.3. The molecule has 1 saturated heterocycles. The van der Waals surface area contributed by atoms with Crippen LogP contribution in [0.15, 0.2) is 54.7 Å². The molecule has 0 atom stereocenters. The summed E-state index contributed by atoms with van der Waals surface area (Å²) in [5, 5.41) is 3.15. The smallest absolute Gasteiger partial charge is 0.269 e. The minimum atomic E-state index is -0.237. The van der Waals surface area contributed by atoms with E-state index in [4.69, 9.17) is 26.4 Å². The van der Waals surface area contributed by atoms with Gasteiger partial charge in [-0.2, -0.15) is 0 Å². The molecule has 0 unspecified atom stereocenters. The molecular formula is C23H23N3O4S. The summed E-state index contributed by atoms with van der Waals surface area (Å²) in [5.74, 6) is 1.32. The second-order valence-electron chi connectivity index (χ2n) is 7.79. The lowest BCUT2D eigenvalue weighted by molar-refractivity contribution is 0.0486. The van der Waals surface area contributed by atoms with E-state index in [1.165, 1.54) is 0 Å². The maximum absolute atomic E-state index is 13.2. The Morgan fingerprint density at radius 1 is 1.10 bits per heavy atom. The molecule has 8 heteroatoms. The molecular weight excluding hydrogens is 414 g/mol. The quantitative estimate of drug-likeness (QED) is 0.595. The summed E-state index contributed by atoms with van der Waals surface area (Å²) in [4.78, 5) is 16.2. The number of amides is 1. The van der Waals surface area contributed by atoms with Crippen molar-refractivity contribution in [2.45, 2.75) is 18.3 Å². The van der Waals surface area contributed by atoms with Crippen molar-refractivity contribution in [1.29, 1.82) is 0 Å². The van der Waals surface area contributed by atoms with Crippen LogP contribution in [0.3, 0.4) is 0 Å². The van der Waals surface area contributed by atoms with Crippen LogP contribution in [0.4, 0.5) is 0 Å². The number of hydrogen-bond donors (Lipinski definition) is 2. The highest BCUT2D eigenvalue weighted by Gasteiger charge is 2.36. The number of para-hydroxylation sites is 1. The van der Waals surface area contributed by atoms with E-state index in [-0.39, 0.29) is 18.1 Å². The van der Waals surface area contributed by atoms with Crippen LogP contribution in [0, 0.1) is 4.77 Å². The number of benzene rings is 2. The largest absolute Gasteiger partial charge is 0.454 e. The molecule has 3 aromatic rings. The zero-order valence-electron chi connectivity index (χ0n) is 16.9. The first-order valence-electron chi connectivity index (χ1n) is 10.3. The SMILES string of the molecule is O=C(NCC1(c2ccc3c(c2)OCO3)CCOCC1)c1c[nH]c(=S)n1-c1ccccc1. The van der Waals surface area contributed by atoms with E-state index in [0.29, 0.717) is 30.2 Å². The number of aromatic amines is 1. The molecule has 2 aromatic carbocycles. The number of H-pyrrole nitrogens is 1. The summed E-state index contributed by atoms with van der Waals surface area (Å²) < 4.78 is 18.9. The van der Waals surface area contributed by atoms with Crippen molar-refractivity contribution in [3.05, 3.63) is 70.8 Å². The van der Waals surface area contributed by atoms with Gasteiger partial charge in [0.15, 0.2) is 16.3 Å². The van der Waals surface area contributed by atoms with E-state index in [1.54, 1.807) is 10.8 Å². The third-order valence-electron chi connectivity index (χ3n) is 6.05. The number of nitrogens with zero attached hydrogens (tertiary/aromatic N) is 1. The lowest BCUT2D eigenvalue weighted by Crippen LogP contribution is -2.44. The number of fused-ring (bicyclic) bond motifs is 1. The van der Waals surface area contributed by atoms with Gasteiger partial charge < -0.3 is 24.5 Å². The predicted octanol–water partition coefficient (Wildman–Crippen LogP) is 3.74. The molecule has 1 amide bonds. The van der Waals surface area contributed by atoms with Gasteiger partial charge in [0, 0.05) is 37.1 Å². The van der Waals surface area contributed by atoms with Crippen molar-refractivity contribution in [2.75, 3.05) is 26.6 Å². The number of carbonyl (C=O) groups excluding carboxylic acids is 1. The molecule has 7 nitrogen and oxygen atoms in total. The van der Waals surface area contributed by atoms with Crippen molar-refractivity contribution in [1.82, 2.24) is 14.9 Å². The molecule has 0 bridgehead atoms. The summed E-state index contributed by atoms with van der Waals surface area (Å²) in [6.07, 6.45) is 3.28. The van der Waals surface area contributed by atoms with Crippen LogP contribution < -0.4 is 14.8 Å². The van der Waals surface area contributed by atoms with E-state index in [0.717, 1.165) is 35.6 Å². The molecule has 0 aliphatic carbocycles. The van der Waals surface area contributed by atoms with Crippen molar-refractivity contribution in [2.24, 2.45) is 0 Å². The average molecular weight is 438 g/mol. The lowest BCUT2D eigenvalue weighted by atomic mass is 9.74. The number of nitrogens with one attached hydrogen (secondary N) is 2. The minimum absolute atomic E-state index is 0.178. The predicted molar refractivity (Wildman–Crippen MR) is 118 cm³/mol. The summed E-state index contributed by atoms with van der Waals surface area (Å²) in [7, 11) is 0. The third kappa shape index (κ3) is 3.73. The summed E-state index contributed by atoms with van der Waals surface area (Å²) in [6.45, 7) is 2.02. The van der Waals surface area contributed by atoms with E-state index < -0.39 is 0 Å². The second-order valence-corrected chi connectivity index (χ2v) is 8.18. The number of ether oxygens (including phenoxy) is 3. The molecule has 0 spiro atoms. The summed E-state index contributed by atoms with van der Waals surface area (Å²) >= 11 is 5.41. The van der Waals surface area contributed by atoms with Gasteiger partial charge >= 0.3 is 0 Å². The Kier molecular flexibility index (Phi) is 5.25. The van der Waals surface area contributed by atoms with Crippen LogP contribution in [0.2, 0.25) is 0 Å². The van der Waals surface area contributed by atoms with E-state index >= 15 is 0 Å². The number of hydrogen-bond acceptors (Lipinski definition) is 5. The van der Waals surface area contributed by atoms with Gasteiger partial charge in [0.2, 0.25) is 6.79 Å². The van der Waals surface area contributed by atoms with Crippen LogP contribution in [0.25, 0.3) is 5.69 Å². The van der Waals surface area contributed by atoms with Crippen LogP contribution in [-0.4, -0.2) is 42.0 Å². The van der Waals surface area contributed by atoms with Crippen LogP contribution in [-0.2, 0) is 10.2 Å². The standard InChI is InChI=1S/C23H23N3O4S/c27-21(18-13-24-22(31)26(18)17-4-2-1-3-5-17)25-14-23(8-10-28-11-9-23)16-6-7-19-20(12-16)30-15-29-19/h1-7,12-13H,8-11,14-15H2,(H,24,31)(H,25,27). The molecule has 160 valence electrons. The highest BCUT2D eigenvalue weighted by Crippen LogP contribution is 2.40. The van der Waals surface area contributed by atoms with Gasteiger partial charge in [-0.25, -0.2) is 0 Å². The molecule has 1 fully saturated rings. The van der Waals surface area contributed by atoms with Crippen molar-refractivity contribution in [3.8, 4) is 17.2 Å². The van der Waals surface area contributed by atoms with Gasteiger partial charge in [-0.05, 0) is 54.9 Å². The second kappa shape index (κ2) is 8.20. The fraction of sp³-hybridized carbons (Fsp3) is 0.304. The van der Waals surface area contributed by atoms with Gasteiger partial charge in [-0.1, -0.05) is 24.3 Å². The van der Waals surface area contributed by atoms with Crippen LogP contribution >= 0.6 is 12.2 Å². The highest BCUT2D eigenvalue weighted by atomic mass is 32.1. The Bertz CT molecular complexity index is 1150. The minimum Gasteiger partial charge on any atom is -0.454 e. The molecule has 2 N–H and O–H groups in total. The maximum atomic E-state index is 13.2. The van der Waals surface area contributed by atoms with Crippen LogP contribution in [0.5, 0.6) is 11.5 Å². The fourth-order valence-electron chi connectivity index (χ4n) is 4.27. The van der Waals surface area contributed by atoms with Crippen molar-refractivity contribution in [3.63, 3.8) is 0 Å². The Hall–Kier alpha value is -3.10. The molecule has 5 rings (SSSR count). The van der Waals surface area contributed by atoms with Gasteiger partial charge in [0.1, 0.15) is 5.69 Å².